The van der Waals surface area contributed by atoms with Crippen LogP contribution in [0.25, 0.3) is 0 Å². The molecule has 0 bridgehead atoms. The number of alkyl halides is 3. The van der Waals surface area contributed by atoms with Gasteiger partial charge in [-0.3, -0.25) is 0 Å². The highest BCUT2D eigenvalue weighted by atomic mass is 19.4. The maximum atomic E-state index is 12.7. The number of nitrogens with zero attached hydrogens (tertiary/aromatic N) is 2. The zero-order chi connectivity index (χ0) is 15.6. The number of hydrogen-bond donors (Lipinski definition) is 2. The molecule has 4 nitrogen and oxygen atoms in total. The molecule has 114 valence electrons. The summed E-state index contributed by atoms with van der Waals surface area (Å²) in [6.07, 6.45) is -4.56. The van der Waals surface area contributed by atoms with Crippen LogP contribution >= 0.6 is 0 Å². The van der Waals surface area contributed by atoms with E-state index in [-0.39, 0.29) is 17.1 Å². The van der Waals surface area contributed by atoms with Crippen molar-refractivity contribution in [3.63, 3.8) is 0 Å². The van der Waals surface area contributed by atoms with Gasteiger partial charge in [0.15, 0.2) is 0 Å². The van der Waals surface area contributed by atoms with Crippen molar-refractivity contribution in [2.45, 2.75) is 33.9 Å². The minimum absolute atomic E-state index is 0.0524. The number of hydrogen-bond acceptors (Lipinski definition) is 4. The first-order chi connectivity index (χ1) is 9.06. The van der Waals surface area contributed by atoms with Crippen molar-refractivity contribution in [2.75, 3.05) is 24.2 Å². The maximum Gasteiger partial charge on any atom is 0.451 e. The van der Waals surface area contributed by atoms with Crippen molar-refractivity contribution >= 4 is 11.6 Å². The summed E-state index contributed by atoms with van der Waals surface area (Å²) in [6.45, 7) is 8.77. The Morgan fingerprint density at radius 3 is 2.15 bits per heavy atom. The Bertz CT molecular complexity index is 455. The van der Waals surface area contributed by atoms with Crippen LogP contribution < -0.4 is 10.6 Å². The second-order valence-electron chi connectivity index (χ2n) is 5.71. The number of rotatable bonds is 5. The van der Waals surface area contributed by atoms with E-state index in [0.717, 1.165) is 0 Å². The van der Waals surface area contributed by atoms with Crippen molar-refractivity contribution in [2.24, 2.45) is 11.3 Å². The lowest BCUT2D eigenvalue weighted by Gasteiger charge is -2.29. The van der Waals surface area contributed by atoms with Crippen molar-refractivity contribution in [3.8, 4) is 0 Å². The summed E-state index contributed by atoms with van der Waals surface area (Å²) in [5, 5.41) is 5.57. The molecule has 20 heavy (non-hydrogen) atoms. The molecule has 1 heterocycles. The lowest BCUT2D eigenvalue weighted by Crippen LogP contribution is -2.29. The van der Waals surface area contributed by atoms with E-state index in [2.05, 4.69) is 48.3 Å². The summed E-state index contributed by atoms with van der Waals surface area (Å²) in [4.78, 5) is 6.94. The van der Waals surface area contributed by atoms with E-state index in [1.54, 1.807) is 0 Å². The highest BCUT2D eigenvalue weighted by Crippen LogP contribution is 2.29. The number of anilines is 2. The van der Waals surface area contributed by atoms with Crippen LogP contribution in [-0.4, -0.2) is 23.6 Å². The van der Waals surface area contributed by atoms with Gasteiger partial charge in [0.1, 0.15) is 11.6 Å². The Morgan fingerprint density at radius 1 is 1.15 bits per heavy atom. The Hall–Kier alpha value is -1.53. The van der Waals surface area contributed by atoms with Gasteiger partial charge in [-0.15, -0.1) is 0 Å². The smallest absolute Gasteiger partial charge is 0.373 e. The predicted molar refractivity (Wildman–Crippen MR) is 73.7 cm³/mol. The first-order valence-corrected chi connectivity index (χ1v) is 6.44. The molecule has 1 aromatic heterocycles. The molecule has 2 N–H and O–H groups in total. The van der Waals surface area contributed by atoms with Gasteiger partial charge in [-0.05, 0) is 11.3 Å². The normalized spacial score (nSPS) is 12.7. The largest absolute Gasteiger partial charge is 0.451 e. The summed E-state index contributed by atoms with van der Waals surface area (Å²) < 4.78 is 38.1. The fraction of sp³-hybridized carbons (Fsp3) is 0.692. The summed E-state index contributed by atoms with van der Waals surface area (Å²) in [6, 6.07) is 1.46. The minimum Gasteiger partial charge on any atom is -0.373 e. The van der Waals surface area contributed by atoms with Crippen LogP contribution in [0.1, 0.15) is 33.5 Å². The van der Waals surface area contributed by atoms with Gasteiger partial charge in [0, 0.05) is 19.7 Å². The van der Waals surface area contributed by atoms with Crippen LogP contribution in [0.4, 0.5) is 24.8 Å². The first-order valence-electron chi connectivity index (χ1n) is 6.44. The molecule has 0 unspecified atom stereocenters. The zero-order valence-corrected chi connectivity index (χ0v) is 12.4. The topological polar surface area (TPSA) is 49.8 Å². The van der Waals surface area contributed by atoms with E-state index in [0.29, 0.717) is 12.5 Å². The molecule has 7 heteroatoms. The molecule has 0 radical (unpaired) electrons. The Balaban J connectivity index is 2.96. The van der Waals surface area contributed by atoms with Gasteiger partial charge in [-0.25, -0.2) is 9.97 Å². The molecule has 0 aromatic carbocycles. The molecule has 0 aliphatic rings. The second-order valence-corrected chi connectivity index (χ2v) is 5.71. The monoisotopic (exact) mass is 290 g/mol. The third kappa shape index (κ3) is 4.25. The summed E-state index contributed by atoms with van der Waals surface area (Å²) in [5.74, 6) is -0.445. The highest BCUT2D eigenvalue weighted by molar-refractivity contribution is 5.47. The van der Waals surface area contributed by atoms with Crippen LogP contribution in [0.3, 0.4) is 0 Å². The second kappa shape index (κ2) is 5.85. The van der Waals surface area contributed by atoms with Gasteiger partial charge in [-0.1, -0.05) is 27.7 Å². The lowest BCUT2D eigenvalue weighted by molar-refractivity contribution is -0.144. The van der Waals surface area contributed by atoms with E-state index in [9.17, 15) is 13.2 Å². The predicted octanol–water partition coefficient (Wildman–Crippen LogP) is 3.63. The molecule has 0 saturated carbocycles. The van der Waals surface area contributed by atoms with Crippen LogP contribution in [0.15, 0.2) is 6.07 Å². The van der Waals surface area contributed by atoms with Gasteiger partial charge >= 0.3 is 6.18 Å². The molecule has 0 saturated heterocycles. The molecule has 0 spiro atoms. The molecule has 0 aliphatic carbocycles. The molecule has 0 fully saturated rings. The van der Waals surface area contributed by atoms with Crippen LogP contribution in [0.5, 0.6) is 0 Å². The highest BCUT2D eigenvalue weighted by Gasteiger charge is 2.35. The summed E-state index contributed by atoms with van der Waals surface area (Å²) in [7, 11) is 1.52. The van der Waals surface area contributed by atoms with E-state index in [1.165, 1.54) is 13.1 Å². The fourth-order valence-corrected chi connectivity index (χ4v) is 1.32. The van der Waals surface area contributed by atoms with Crippen LogP contribution in [0, 0.1) is 11.3 Å². The van der Waals surface area contributed by atoms with Gasteiger partial charge in [0.25, 0.3) is 0 Å². The molecule has 0 atom stereocenters. The summed E-state index contributed by atoms with van der Waals surface area (Å²) >= 11 is 0. The molecular formula is C13H21F3N4. The average molecular weight is 290 g/mol. The van der Waals surface area contributed by atoms with Gasteiger partial charge in [0.05, 0.1) is 0 Å². The Labute approximate surface area is 117 Å². The van der Waals surface area contributed by atoms with E-state index in [1.807, 2.05) is 0 Å². The minimum atomic E-state index is -4.56. The standard InChI is InChI=1S/C13H21F3N4/c1-8(2)12(3,4)7-18-10-6-9(17-5)19-11(20-10)13(14,15)16/h6,8H,7H2,1-5H3,(H2,17,18,19,20). The fourth-order valence-electron chi connectivity index (χ4n) is 1.32. The van der Waals surface area contributed by atoms with Crippen LogP contribution in [-0.2, 0) is 6.18 Å². The van der Waals surface area contributed by atoms with E-state index < -0.39 is 12.0 Å². The van der Waals surface area contributed by atoms with Gasteiger partial charge in [0.2, 0.25) is 5.82 Å². The number of halogens is 3. The SMILES string of the molecule is CNc1cc(NCC(C)(C)C(C)C)nc(C(F)(F)F)n1. The van der Waals surface area contributed by atoms with Crippen LogP contribution in [0.2, 0.25) is 0 Å². The Morgan fingerprint density at radius 2 is 1.70 bits per heavy atom. The average Bonchev–Trinajstić information content (AvgIpc) is 2.34. The maximum absolute atomic E-state index is 12.7. The lowest BCUT2D eigenvalue weighted by atomic mass is 9.81. The first kappa shape index (κ1) is 16.5. The third-order valence-corrected chi connectivity index (χ3v) is 3.52. The van der Waals surface area contributed by atoms with E-state index in [4.69, 9.17) is 0 Å². The molecule has 1 aromatic rings. The van der Waals surface area contributed by atoms with E-state index >= 15 is 0 Å². The quantitative estimate of drug-likeness (QED) is 0.869. The van der Waals surface area contributed by atoms with Gasteiger partial charge in [-0.2, -0.15) is 13.2 Å². The van der Waals surface area contributed by atoms with Gasteiger partial charge < -0.3 is 10.6 Å². The zero-order valence-electron chi connectivity index (χ0n) is 12.4. The van der Waals surface area contributed by atoms with Crippen molar-refractivity contribution in [1.82, 2.24) is 9.97 Å². The number of nitrogens with one attached hydrogen (secondary N) is 2. The van der Waals surface area contributed by atoms with Crippen molar-refractivity contribution in [1.29, 1.82) is 0 Å². The summed E-state index contributed by atoms with van der Waals surface area (Å²) in [5.41, 5.74) is -0.0524. The number of aromatic nitrogens is 2. The third-order valence-electron chi connectivity index (χ3n) is 3.52. The van der Waals surface area contributed by atoms with Crippen molar-refractivity contribution in [3.05, 3.63) is 11.9 Å². The molecule has 0 aliphatic heterocycles. The molecule has 1 rings (SSSR count). The molecular weight excluding hydrogens is 269 g/mol. The molecule has 0 amide bonds. The Kier molecular flexibility index (Phi) is 4.83. The van der Waals surface area contributed by atoms with Crippen molar-refractivity contribution < 1.29 is 13.2 Å².